The lowest BCUT2D eigenvalue weighted by atomic mass is 10.1. The molecule has 2 nitrogen and oxygen atoms in total. The number of aryl methyl sites for hydroxylation is 1. The van der Waals surface area contributed by atoms with Gasteiger partial charge in [0.1, 0.15) is 5.01 Å². The second-order valence-electron chi connectivity index (χ2n) is 4.90. The van der Waals surface area contributed by atoms with Crippen LogP contribution in [0, 0.1) is 11.3 Å². The highest BCUT2D eigenvalue weighted by Gasteiger charge is 2.30. The van der Waals surface area contributed by atoms with Gasteiger partial charge < -0.3 is 0 Å². The van der Waals surface area contributed by atoms with Crippen molar-refractivity contribution in [3.05, 3.63) is 40.4 Å². The number of halogens is 3. The first-order valence-corrected chi connectivity index (χ1v) is 7.80. The Labute approximate surface area is 131 Å². The number of hydrogen-bond acceptors (Lipinski definition) is 3. The third-order valence-electron chi connectivity index (χ3n) is 3.24. The summed E-state index contributed by atoms with van der Waals surface area (Å²) in [6.45, 7) is 2.08. The van der Waals surface area contributed by atoms with Crippen LogP contribution in [0.25, 0.3) is 10.6 Å². The second kappa shape index (κ2) is 6.93. The molecule has 0 atom stereocenters. The van der Waals surface area contributed by atoms with E-state index in [1.165, 1.54) is 23.5 Å². The number of alkyl halides is 3. The average Bonchev–Trinajstić information content (AvgIpc) is 2.88. The van der Waals surface area contributed by atoms with E-state index in [9.17, 15) is 13.2 Å². The predicted octanol–water partition coefficient (Wildman–Crippen LogP) is 5.24. The largest absolute Gasteiger partial charge is 0.416 e. The molecule has 0 aliphatic rings. The highest BCUT2D eigenvalue weighted by molar-refractivity contribution is 7.15. The highest BCUT2D eigenvalue weighted by atomic mass is 32.1. The van der Waals surface area contributed by atoms with Gasteiger partial charge in [-0.1, -0.05) is 25.5 Å². The Morgan fingerprint density at radius 2 is 1.91 bits per heavy atom. The van der Waals surface area contributed by atoms with Crippen LogP contribution >= 0.6 is 11.3 Å². The predicted molar refractivity (Wildman–Crippen MR) is 80.5 cm³/mol. The van der Waals surface area contributed by atoms with Gasteiger partial charge in [-0.05, 0) is 25.0 Å². The van der Waals surface area contributed by atoms with E-state index in [0.717, 1.165) is 42.0 Å². The summed E-state index contributed by atoms with van der Waals surface area (Å²) in [5, 5.41) is 9.55. The molecule has 0 saturated carbocycles. The van der Waals surface area contributed by atoms with Gasteiger partial charge in [-0.3, -0.25) is 0 Å². The third kappa shape index (κ3) is 3.86. The maximum Gasteiger partial charge on any atom is 0.416 e. The molecule has 1 aromatic carbocycles. The first-order valence-electron chi connectivity index (χ1n) is 6.99. The number of rotatable bonds is 5. The van der Waals surface area contributed by atoms with Crippen molar-refractivity contribution in [3.8, 4) is 16.6 Å². The van der Waals surface area contributed by atoms with Crippen LogP contribution in [0.3, 0.4) is 0 Å². The van der Waals surface area contributed by atoms with Crippen molar-refractivity contribution in [3.63, 3.8) is 0 Å². The maximum atomic E-state index is 12.6. The molecular weight excluding hydrogens is 309 g/mol. The van der Waals surface area contributed by atoms with Crippen molar-refractivity contribution >= 4 is 11.3 Å². The molecule has 0 fully saturated rings. The zero-order valence-electron chi connectivity index (χ0n) is 12.1. The zero-order valence-corrected chi connectivity index (χ0v) is 12.9. The molecule has 0 aliphatic heterocycles. The molecule has 0 bridgehead atoms. The summed E-state index contributed by atoms with van der Waals surface area (Å²) in [5.74, 6) is 0. The topological polar surface area (TPSA) is 36.7 Å². The van der Waals surface area contributed by atoms with E-state index < -0.39 is 11.7 Å². The third-order valence-corrected chi connectivity index (χ3v) is 4.39. The van der Waals surface area contributed by atoms with Crippen LogP contribution in [0.4, 0.5) is 13.2 Å². The summed E-state index contributed by atoms with van der Waals surface area (Å²) in [4.78, 5) is 5.42. The van der Waals surface area contributed by atoms with Crippen molar-refractivity contribution in [2.45, 2.75) is 38.8 Å². The fourth-order valence-electron chi connectivity index (χ4n) is 2.06. The van der Waals surface area contributed by atoms with E-state index in [-0.39, 0.29) is 6.42 Å². The lowest BCUT2D eigenvalue weighted by Gasteiger charge is -2.06. The molecule has 22 heavy (non-hydrogen) atoms. The number of nitriles is 1. The number of nitrogens with zero attached hydrogens (tertiary/aromatic N) is 2. The SMILES string of the molecule is CCCCc1nc(-c2ccc(C(F)(F)F)cc2)sc1CC#N. The van der Waals surface area contributed by atoms with Crippen molar-refractivity contribution in [1.82, 2.24) is 4.98 Å². The molecule has 0 amide bonds. The van der Waals surface area contributed by atoms with Gasteiger partial charge in [0.05, 0.1) is 23.7 Å². The Bertz CT molecular complexity index is 666. The molecule has 0 aliphatic carbocycles. The van der Waals surface area contributed by atoms with E-state index in [1.54, 1.807) is 0 Å². The van der Waals surface area contributed by atoms with Gasteiger partial charge in [-0.25, -0.2) is 4.98 Å². The molecule has 0 N–H and O–H groups in total. The molecule has 1 heterocycles. The summed E-state index contributed by atoms with van der Waals surface area (Å²) in [5.41, 5.74) is 0.875. The van der Waals surface area contributed by atoms with Crippen LogP contribution in [-0.2, 0) is 19.0 Å². The van der Waals surface area contributed by atoms with Crippen LogP contribution in [-0.4, -0.2) is 4.98 Å². The molecule has 0 spiro atoms. The van der Waals surface area contributed by atoms with Gasteiger partial charge in [0.15, 0.2) is 0 Å². The highest BCUT2D eigenvalue weighted by Crippen LogP contribution is 2.33. The van der Waals surface area contributed by atoms with Crippen molar-refractivity contribution < 1.29 is 13.2 Å². The van der Waals surface area contributed by atoms with E-state index in [4.69, 9.17) is 5.26 Å². The molecule has 2 rings (SSSR count). The molecule has 1 aromatic heterocycles. The van der Waals surface area contributed by atoms with Crippen LogP contribution in [0.5, 0.6) is 0 Å². The van der Waals surface area contributed by atoms with E-state index in [0.29, 0.717) is 10.6 Å². The Hall–Kier alpha value is -1.87. The van der Waals surface area contributed by atoms with Crippen molar-refractivity contribution in [1.29, 1.82) is 5.26 Å². The normalized spacial score (nSPS) is 11.4. The van der Waals surface area contributed by atoms with Gasteiger partial charge in [-0.15, -0.1) is 11.3 Å². The summed E-state index contributed by atoms with van der Waals surface area (Å²) < 4.78 is 37.7. The maximum absolute atomic E-state index is 12.6. The minimum Gasteiger partial charge on any atom is -0.241 e. The molecule has 0 saturated heterocycles. The Morgan fingerprint density at radius 3 is 2.45 bits per heavy atom. The first kappa shape index (κ1) is 16.5. The monoisotopic (exact) mass is 324 g/mol. The van der Waals surface area contributed by atoms with E-state index in [1.807, 2.05) is 0 Å². The van der Waals surface area contributed by atoms with Crippen molar-refractivity contribution in [2.75, 3.05) is 0 Å². The molecule has 0 radical (unpaired) electrons. The van der Waals surface area contributed by atoms with Crippen LogP contribution in [0.2, 0.25) is 0 Å². The Balaban J connectivity index is 2.30. The fourth-order valence-corrected chi connectivity index (χ4v) is 3.10. The van der Waals surface area contributed by atoms with Gasteiger partial charge in [0.25, 0.3) is 0 Å². The zero-order chi connectivity index (χ0) is 16.2. The summed E-state index contributed by atoms with van der Waals surface area (Å²) in [6.07, 6.45) is -1.24. The number of benzene rings is 1. The van der Waals surface area contributed by atoms with Gasteiger partial charge in [-0.2, -0.15) is 18.4 Å². The standard InChI is InChI=1S/C16H15F3N2S/c1-2-3-4-13-14(9-10-20)22-15(21-13)11-5-7-12(8-6-11)16(17,18)19/h5-8H,2-4,9H2,1H3. The number of aromatic nitrogens is 1. The number of hydrogen-bond donors (Lipinski definition) is 0. The lowest BCUT2D eigenvalue weighted by molar-refractivity contribution is -0.137. The smallest absolute Gasteiger partial charge is 0.241 e. The molecule has 2 aromatic rings. The lowest BCUT2D eigenvalue weighted by Crippen LogP contribution is -2.03. The number of unbranched alkanes of at least 4 members (excludes halogenated alkanes) is 1. The van der Waals surface area contributed by atoms with Crippen LogP contribution in [0.1, 0.15) is 35.9 Å². The molecule has 6 heteroatoms. The van der Waals surface area contributed by atoms with E-state index >= 15 is 0 Å². The van der Waals surface area contributed by atoms with E-state index in [2.05, 4.69) is 18.0 Å². The molecular formula is C16H15F3N2S. The summed E-state index contributed by atoms with van der Waals surface area (Å²) in [7, 11) is 0. The molecule has 116 valence electrons. The second-order valence-corrected chi connectivity index (χ2v) is 5.99. The minimum atomic E-state index is -4.33. The quantitative estimate of drug-likeness (QED) is 0.754. The fraction of sp³-hybridized carbons (Fsp3) is 0.375. The van der Waals surface area contributed by atoms with Gasteiger partial charge in [0, 0.05) is 10.4 Å². The minimum absolute atomic E-state index is 0.289. The average molecular weight is 324 g/mol. The number of thiazole rings is 1. The summed E-state index contributed by atoms with van der Waals surface area (Å²) in [6, 6.07) is 7.10. The Morgan fingerprint density at radius 1 is 1.23 bits per heavy atom. The molecule has 0 unspecified atom stereocenters. The summed E-state index contributed by atoms with van der Waals surface area (Å²) >= 11 is 1.39. The van der Waals surface area contributed by atoms with Crippen molar-refractivity contribution in [2.24, 2.45) is 0 Å². The van der Waals surface area contributed by atoms with Gasteiger partial charge in [0.2, 0.25) is 0 Å². The van der Waals surface area contributed by atoms with Crippen LogP contribution < -0.4 is 0 Å². The van der Waals surface area contributed by atoms with Crippen LogP contribution in [0.15, 0.2) is 24.3 Å². The van der Waals surface area contributed by atoms with Gasteiger partial charge >= 0.3 is 6.18 Å². The first-order chi connectivity index (χ1) is 10.5. The Kier molecular flexibility index (Phi) is 5.19.